The molecular formula is C52H32N4. The molecule has 3 aromatic heterocycles. The third-order valence-corrected chi connectivity index (χ3v) is 11.2. The first kappa shape index (κ1) is 31.8. The fourth-order valence-corrected chi connectivity index (χ4v) is 8.72. The number of aromatic nitrogens is 3. The van der Waals surface area contributed by atoms with Crippen LogP contribution in [-0.2, 0) is 0 Å². The topological polar surface area (TPSA) is 46.5 Å². The Hall–Kier alpha value is -7.74. The second-order valence-corrected chi connectivity index (χ2v) is 14.2. The van der Waals surface area contributed by atoms with E-state index in [1.165, 1.54) is 43.7 Å². The SMILES string of the molecule is N#Cc1c(-c2ccccc2)c(-c2ccc(-n3c4ccccc4c4c(-c5ccc6c(c5)c5ccccc5n6-c5ccccc5)cccc43)cc2)nc2ccccc12. The van der Waals surface area contributed by atoms with Crippen molar-refractivity contribution in [3.8, 4) is 51.0 Å². The molecule has 4 nitrogen and oxygen atoms in total. The zero-order valence-electron chi connectivity index (χ0n) is 30.3. The highest BCUT2D eigenvalue weighted by molar-refractivity contribution is 6.17. The lowest BCUT2D eigenvalue weighted by atomic mass is 9.92. The number of pyridine rings is 1. The van der Waals surface area contributed by atoms with E-state index in [1.54, 1.807) is 0 Å². The molecule has 4 heteroatoms. The Morgan fingerprint density at radius 3 is 1.75 bits per heavy atom. The van der Waals surface area contributed by atoms with Gasteiger partial charge in [0.25, 0.3) is 0 Å². The van der Waals surface area contributed by atoms with Gasteiger partial charge in [0.2, 0.25) is 0 Å². The third-order valence-electron chi connectivity index (χ3n) is 11.2. The molecular weight excluding hydrogens is 681 g/mol. The molecule has 3 heterocycles. The summed E-state index contributed by atoms with van der Waals surface area (Å²) in [5.41, 5.74) is 14.3. The molecule has 0 unspecified atom stereocenters. The van der Waals surface area contributed by atoms with Crippen LogP contribution in [0.1, 0.15) is 5.56 Å². The van der Waals surface area contributed by atoms with Gasteiger partial charge in [0.15, 0.2) is 0 Å². The van der Waals surface area contributed by atoms with Crippen LogP contribution in [0.2, 0.25) is 0 Å². The minimum atomic E-state index is 0.638. The van der Waals surface area contributed by atoms with E-state index in [0.717, 1.165) is 55.7 Å². The minimum absolute atomic E-state index is 0.638. The van der Waals surface area contributed by atoms with E-state index in [2.05, 4.69) is 167 Å². The molecule has 0 aliphatic rings. The number of benzene rings is 8. The average molecular weight is 713 g/mol. The summed E-state index contributed by atoms with van der Waals surface area (Å²) in [6, 6.07) is 70.7. The predicted octanol–water partition coefficient (Wildman–Crippen LogP) is 13.3. The van der Waals surface area contributed by atoms with Crippen molar-refractivity contribution in [1.82, 2.24) is 14.1 Å². The highest BCUT2D eigenvalue weighted by Gasteiger charge is 2.21. The molecule has 56 heavy (non-hydrogen) atoms. The first-order valence-electron chi connectivity index (χ1n) is 18.9. The minimum Gasteiger partial charge on any atom is -0.309 e. The van der Waals surface area contributed by atoms with Gasteiger partial charge in [-0.1, -0.05) is 133 Å². The third kappa shape index (κ3) is 4.82. The molecule has 0 N–H and O–H groups in total. The summed E-state index contributed by atoms with van der Waals surface area (Å²) in [5.74, 6) is 0. The second-order valence-electron chi connectivity index (χ2n) is 14.2. The number of nitriles is 1. The normalized spacial score (nSPS) is 11.6. The van der Waals surface area contributed by atoms with Gasteiger partial charge in [-0.15, -0.1) is 0 Å². The number of rotatable bonds is 5. The largest absolute Gasteiger partial charge is 0.309 e. The van der Waals surface area contributed by atoms with E-state index in [9.17, 15) is 5.26 Å². The monoisotopic (exact) mass is 712 g/mol. The van der Waals surface area contributed by atoms with Crippen molar-refractivity contribution < 1.29 is 0 Å². The number of fused-ring (bicyclic) bond motifs is 7. The van der Waals surface area contributed by atoms with Crippen molar-refractivity contribution in [2.24, 2.45) is 0 Å². The fourth-order valence-electron chi connectivity index (χ4n) is 8.72. The van der Waals surface area contributed by atoms with Crippen LogP contribution in [0.15, 0.2) is 194 Å². The standard InChI is InChI=1S/C52H32N4/c53-33-44-40-18-7-10-22-45(40)54-52(50(44)34-14-3-1-4-15-34)35-26-29-38(30-27-35)56-47-24-12-9-20-42(47)51-39(21-13-25-49(51)56)36-28-31-48-43(32-36)41-19-8-11-23-46(41)55(48)37-16-5-2-6-17-37/h1-32H. The van der Waals surface area contributed by atoms with Crippen molar-refractivity contribution in [1.29, 1.82) is 5.26 Å². The number of hydrogen-bond donors (Lipinski definition) is 0. The quantitative estimate of drug-likeness (QED) is 0.178. The molecule has 11 aromatic rings. The molecule has 0 amide bonds. The summed E-state index contributed by atoms with van der Waals surface area (Å²) < 4.78 is 4.73. The van der Waals surface area contributed by atoms with Gasteiger partial charge in [0.05, 0.1) is 38.8 Å². The molecule has 11 rings (SSSR count). The van der Waals surface area contributed by atoms with Crippen molar-refractivity contribution >= 4 is 54.5 Å². The summed E-state index contributed by atoms with van der Waals surface area (Å²) in [4.78, 5) is 5.17. The summed E-state index contributed by atoms with van der Waals surface area (Å²) in [5, 5.41) is 16.2. The zero-order chi connectivity index (χ0) is 37.2. The van der Waals surface area contributed by atoms with Gasteiger partial charge in [-0.3, -0.25) is 0 Å². The first-order valence-corrected chi connectivity index (χ1v) is 18.9. The lowest BCUT2D eigenvalue weighted by molar-refractivity contribution is 1.18. The van der Waals surface area contributed by atoms with Crippen LogP contribution in [0.3, 0.4) is 0 Å². The lowest BCUT2D eigenvalue weighted by Gasteiger charge is -2.15. The van der Waals surface area contributed by atoms with Gasteiger partial charge in [0, 0.05) is 49.4 Å². The Morgan fingerprint density at radius 1 is 0.411 bits per heavy atom. The molecule has 0 saturated carbocycles. The van der Waals surface area contributed by atoms with Gasteiger partial charge >= 0.3 is 0 Å². The second kappa shape index (κ2) is 12.7. The summed E-state index contributed by atoms with van der Waals surface area (Å²) in [6.45, 7) is 0. The van der Waals surface area contributed by atoms with E-state index >= 15 is 0 Å². The van der Waals surface area contributed by atoms with Crippen molar-refractivity contribution in [3.63, 3.8) is 0 Å². The molecule has 8 aromatic carbocycles. The van der Waals surface area contributed by atoms with Crippen molar-refractivity contribution in [3.05, 3.63) is 200 Å². The van der Waals surface area contributed by atoms with E-state index < -0.39 is 0 Å². The van der Waals surface area contributed by atoms with Gasteiger partial charge < -0.3 is 9.13 Å². The van der Waals surface area contributed by atoms with Crippen LogP contribution < -0.4 is 0 Å². The highest BCUT2D eigenvalue weighted by atomic mass is 15.0. The molecule has 0 saturated heterocycles. The lowest BCUT2D eigenvalue weighted by Crippen LogP contribution is -1.97. The van der Waals surface area contributed by atoms with Crippen LogP contribution in [0.25, 0.3) is 99.4 Å². The maximum Gasteiger partial charge on any atom is 0.101 e. The van der Waals surface area contributed by atoms with Crippen LogP contribution in [0.4, 0.5) is 0 Å². The van der Waals surface area contributed by atoms with Crippen LogP contribution in [-0.4, -0.2) is 14.1 Å². The van der Waals surface area contributed by atoms with Crippen LogP contribution in [0, 0.1) is 11.3 Å². The van der Waals surface area contributed by atoms with Crippen molar-refractivity contribution in [2.75, 3.05) is 0 Å². The number of nitrogens with zero attached hydrogens (tertiary/aromatic N) is 4. The smallest absolute Gasteiger partial charge is 0.101 e. The van der Waals surface area contributed by atoms with E-state index in [-0.39, 0.29) is 0 Å². The van der Waals surface area contributed by atoms with Crippen LogP contribution >= 0.6 is 0 Å². The van der Waals surface area contributed by atoms with Gasteiger partial charge in [-0.05, 0) is 77.4 Å². The molecule has 0 bridgehead atoms. The maximum absolute atomic E-state index is 10.5. The summed E-state index contributed by atoms with van der Waals surface area (Å²) in [6.07, 6.45) is 0. The van der Waals surface area contributed by atoms with E-state index in [0.29, 0.717) is 5.56 Å². The van der Waals surface area contributed by atoms with Crippen LogP contribution in [0.5, 0.6) is 0 Å². The highest BCUT2D eigenvalue weighted by Crippen LogP contribution is 2.42. The van der Waals surface area contributed by atoms with E-state index in [1.807, 2.05) is 42.5 Å². The average Bonchev–Trinajstić information content (AvgIpc) is 3.79. The Bertz CT molecular complexity index is 3350. The van der Waals surface area contributed by atoms with Crippen molar-refractivity contribution in [2.45, 2.75) is 0 Å². The first-order chi connectivity index (χ1) is 27.8. The molecule has 0 radical (unpaired) electrons. The van der Waals surface area contributed by atoms with Gasteiger partial charge in [-0.2, -0.15) is 5.26 Å². The molecule has 0 spiro atoms. The predicted molar refractivity (Wildman–Crippen MR) is 231 cm³/mol. The molecule has 0 aliphatic carbocycles. The van der Waals surface area contributed by atoms with Gasteiger partial charge in [0.1, 0.15) is 6.07 Å². The number of para-hydroxylation sites is 4. The fraction of sp³-hybridized carbons (Fsp3) is 0. The zero-order valence-corrected chi connectivity index (χ0v) is 30.3. The molecule has 0 atom stereocenters. The maximum atomic E-state index is 10.5. The number of hydrogen-bond acceptors (Lipinski definition) is 2. The Morgan fingerprint density at radius 2 is 0.982 bits per heavy atom. The van der Waals surface area contributed by atoms with E-state index in [4.69, 9.17) is 4.98 Å². The summed E-state index contributed by atoms with van der Waals surface area (Å²) in [7, 11) is 0. The molecule has 260 valence electrons. The Balaban J connectivity index is 1.09. The van der Waals surface area contributed by atoms with Gasteiger partial charge in [-0.25, -0.2) is 4.98 Å². The summed E-state index contributed by atoms with van der Waals surface area (Å²) >= 11 is 0. The Labute approximate surface area is 323 Å². The molecule has 0 fully saturated rings. The molecule has 0 aliphatic heterocycles. The Kier molecular flexibility index (Phi) is 7.20.